The first-order chi connectivity index (χ1) is 12.7. The molecule has 7 nitrogen and oxygen atoms in total. The van der Waals surface area contributed by atoms with Crippen LogP contribution in [0.15, 0.2) is 49.1 Å². The fourth-order valence-electron chi connectivity index (χ4n) is 3.08. The van der Waals surface area contributed by atoms with Gasteiger partial charge in [-0.2, -0.15) is 0 Å². The minimum atomic E-state index is 0.731. The van der Waals surface area contributed by atoms with E-state index in [1.54, 1.807) is 6.33 Å². The van der Waals surface area contributed by atoms with Crippen molar-refractivity contribution in [2.75, 3.05) is 43.6 Å². The molecular weight excluding hydrogens is 328 g/mol. The van der Waals surface area contributed by atoms with Crippen LogP contribution in [0.5, 0.6) is 0 Å². The van der Waals surface area contributed by atoms with E-state index in [1.165, 1.54) is 0 Å². The van der Waals surface area contributed by atoms with Crippen LogP contribution in [0.25, 0.3) is 22.3 Å². The topological polar surface area (TPSA) is 78.1 Å². The molecule has 1 saturated heterocycles. The van der Waals surface area contributed by atoms with Gasteiger partial charge >= 0.3 is 0 Å². The molecule has 3 N–H and O–H groups in total. The number of ether oxygens (including phenoxy) is 1. The normalized spacial score (nSPS) is 14.4. The molecule has 0 unspecified atom stereocenters. The molecule has 3 heterocycles. The molecular formula is C19H22N6O. The van der Waals surface area contributed by atoms with Crippen LogP contribution in [0.4, 0.5) is 11.5 Å². The van der Waals surface area contributed by atoms with Gasteiger partial charge in [0.2, 0.25) is 0 Å². The number of hydrogen-bond acceptors (Lipinski definition) is 6. The third-order valence-electron chi connectivity index (χ3n) is 4.51. The minimum Gasteiger partial charge on any atom is -0.378 e. The molecule has 0 radical (unpaired) electrons. The number of morpholine rings is 1. The van der Waals surface area contributed by atoms with E-state index in [0.29, 0.717) is 0 Å². The van der Waals surface area contributed by atoms with Gasteiger partial charge in [0.05, 0.1) is 24.4 Å². The van der Waals surface area contributed by atoms with E-state index in [2.05, 4.69) is 55.3 Å². The van der Waals surface area contributed by atoms with Gasteiger partial charge in [0, 0.05) is 31.5 Å². The maximum absolute atomic E-state index is 5.45. The second-order valence-electron chi connectivity index (χ2n) is 6.17. The van der Waals surface area contributed by atoms with Gasteiger partial charge in [0.25, 0.3) is 0 Å². The summed E-state index contributed by atoms with van der Waals surface area (Å²) in [6, 6.07) is 10.3. The zero-order chi connectivity index (χ0) is 17.9. The fraction of sp³-hybridized carbons (Fsp3) is 0.263. The first kappa shape index (κ1) is 16.4. The molecule has 134 valence electrons. The van der Waals surface area contributed by atoms with Gasteiger partial charge in [-0.15, -0.1) is 0 Å². The summed E-state index contributed by atoms with van der Waals surface area (Å²) in [4.78, 5) is 14.6. The molecule has 2 aromatic heterocycles. The Bertz CT molecular complexity index is 911. The lowest BCUT2D eigenvalue weighted by atomic mass is 10.1. The van der Waals surface area contributed by atoms with Crippen molar-refractivity contribution >= 4 is 22.5 Å². The Morgan fingerprint density at radius 2 is 1.96 bits per heavy atom. The fourth-order valence-corrected chi connectivity index (χ4v) is 3.08. The van der Waals surface area contributed by atoms with Crippen molar-refractivity contribution in [3.05, 3.63) is 49.1 Å². The van der Waals surface area contributed by atoms with Crippen LogP contribution < -0.4 is 15.5 Å². The van der Waals surface area contributed by atoms with E-state index in [-0.39, 0.29) is 0 Å². The molecule has 0 saturated carbocycles. The summed E-state index contributed by atoms with van der Waals surface area (Å²) in [6.45, 7) is 7.04. The Morgan fingerprint density at radius 3 is 2.69 bits per heavy atom. The maximum Gasteiger partial charge on any atom is 0.143 e. The number of anilines is 2. The zero-order valence-corrected chi connectivity index (χ0v) is 14.7. The van der Waals surface area contributed by atoms with Crippen LogP contribution in [-0.4, -0.2) is 48.3 Å². The molecule has 1 fully saturated rings. The van der Waals surface area contributed by atoms with Crippen LogP contribution >= 0.6 is 0 Å². The second kappa shape index (κ2) is 7.05. The number of fused-ring (bicyclic) bond motifs is 1. The van der Waals surface area contributed by atoms with Gasteiger partial charge in [-0.1, -0.05) is 18.7 Å². The smallest absolute Gasteiger partial charge is 0.143 e. The molecule has 4 rings (SSSR count). The summed E-state index contributed by atoms with van der Waals surface area (Å²) in [7, 11) is 1.83. The third kappa shape index (κ3) is 3.21. The predicted octanol–water partition coefficient (Wildman–Crippen LogP) is 2.56. The molecule has 1 aliphatic heterocycles. The highest BCUT2D eigenvalue weighted by atomic mass is 16.5. The van der Waals surface area contributed by atoms with Gasteiger partial charge in [-0.3, -0.25) is 0 Å². The standard InChI is InChI=1S/C19H22N6O/c1-13(20-2)23-15-5-3-14(4-6-15)17-11-16-18(24-17)21-12-22-19(16)25-7-9-26-10-8-25/h3-6,11-12,20,23H,1,7-10H2,2H3,(H,21,22,24). The monoisotopic (exact) mass is 350 g/mol. The first-order valence-electron chi connectivity index (χ1n) is 8.65. The number of nitrogens with zero attached hydrogens (tertiary/aromatic N) is 3. The van der Waals surface area contributed by atoms with E-state index in [0.717, 1.165) is 65.9 Å². The quantitative estimate of drug-likeness (QED) is 0.656. The van der Waals surface area contributed by atoms with Crippen LogP contribution in [0.2, 0.25) is 0 Å². The van der Waals surface area contributed by atoms with Gasteiger partial charge < -0.3 is 25.3 Å². The summed E-state index contributed by atoms with van der Waals surface area (Å²) in [5.41, 5.74) is 3.95. The molecule has 0 aliphatic carbocycles. The zero-order valence-electron chi connectivity index (χ0n) is 14.7. The summed E-state index contributed by atoms with van der Waals surface area (Å²) in [5.74, 6) is 1.72. The molecule has 0 spiro atoms. The average Bonchev–Trinajstić information content (AvgIpc) is 3.13. The Balaban J connectivity index is 1.64. The van der Waals surface area contributed by atoms with Gasteiger partial charge in [0.1, 0.15) is 17.8 Å². The van der Waals surface area contributed by atoms with E-state index in [9.17, 15) is 0 Å². The lowest BCUT2D eigenvalue weighted by molar-refractivity contribution is 0.122. The van der Waals surface area contributed by atoms with Crippen LogP contribution in [0.1, 0.15) is 0 Å². The van der Waals surface area contributed by atoms with Crippen molar-refractivity contribution < 1.29 is 4.74 Å². The van der Waals surface area contributed by atoms with Crippen LogP contribution in [0.3, 0.4) is 0 Å². The molecule has 0 bridgehead atoms. The maximum atomic E-state index is 5.45. The van der Waals surface area contributed by atoms with Gasteiger partial charge in [-0.05, 0) is 23.8 Å². The molecule has 1 aromatic carbocycles. The summed E-state index contributed by atoms with van der Waals surface area (Å²) in [6.07, 6.45) is 1.61. The third-order valence-corrected chi connectivity index (χ3v) is 4.51. The molecule has 1 aliphatic rings. The Kier molecular flexibility index (Phi) is 4.45. The van der Waals surface area contributed by atoms with Crippen molar-refractivity contribution in [3.63, 3.8) is 0 Å². The molecule has 3 aromatic rings. The van der Waals surface area contributed by atoms with Crippen molar-refractivity contribution in [1.29, 1.82) is 0 Å². The number of H-pyrrole nitrogens is 1. The van der Waals surface area contributed by atoms with Crippen LogP contribution in [-0.2, 0) is 4.74 Å². The van der Waals surface area contributed by atoms with E-state index >= 15 is 0 Å². The van der Waals surface area contributed by atoms with E-state index in [1.807, 2.05) is 19.2 Å². The highest BCUT2D eigenvalue weighted by Crippen LogP contribution is 2.29. The molecule has 26 heavy (non-hydrogen) atoms. The predicted molar refractivity (Wildman–Crippen MR) is 104 cm³/mol. The van der Waals surface area contributed by atoms with Crippen molar-refractivity contribution in [2.45, 2.75) is 0 Å². The van der Waals surface area contributed by atoms with E-state index in [4.69, 9.17) is 4.74 Å². The molecule has 0 amide bonds. The number of aromatic amines is 1. The first-order valence-corrected chi connectivity index (χ1v) is 8.65. The average molecular weight is 350 g/mol. The second-order valence-corrected chi connectivity index (χ2v) is 6.17. The van der Waals surface area contributed by atoms with Crippen molar-refractivity contribution in [2.24, 2.45) is 0 Å². The Hall–Kier alpha value is -3.06. The molecule has 0 atom stereocenters. The van der Waals surface area contributed by atoms with Gasteiger partial charge in [0.15, 0.2) is 0 Å². The molecule has 7 heteroatoms. The summed E-state index contributed by atoms with van der Waals surface area (Å²) in [5, 5.41) is 7.20. The Morgan fingerprint density at radius 1 is 1.19 bits per heavy atom. The van der Waals surface area contributed by atoms with Gasteiger partial charge in [-0.25, -0.2) is 9.97 Å². The van der Waals surface area contributed by atoms with E-state index < -0.39 is 0 Å². The largest absolute Gasteiger partial charge is 0.378 e. The number of rotatable bonds is 5. The highest BCUT2D eigenvalue weighted by molar-refractivity contribution is 5.92. The summed E-state index contributed by atoms with van der Waals surface area (Å²) < 4.78 is 5.45. The number of aromatic nitrogens is 3. The van der Waals surface area contributed by atoms with Crippen molar-refractivity contribution in [3.8, 4) is 11.3 Å². The van der Waals surface area contributed by atoms with Crippen molar-refractivity contribution in [1.82, 2.24) is 20.3 Å². The summed E-state index contributed by atoms with van der Waals surface area (Å²) >= 11 is 0. The SMILES string of the molecule is C=C(NC)Nc1ccc(-c2cc3c(N4CCOCC4)ncnc3[nH]2)cc1. The number of nitrogens with one attached hydrogen (secondary N) is 3. The lowest BCUT2D eigenvalue weighted by Gasteiger charge is -2.27. The number of hydrogen-bond donors (Lipinski definition) is 3. The van der Waals surface area contributed by atoms with Crippen LogP contribution in [0, 0.1) is 0 Å². The number of benzene rings is 1. The lowest BCUT2D eigenvalue weighted by Crippen LogP contribution is -2.36. The Labute approximate surface area is 152 Å². The minimum absolute atomic E-state index is 0.731. The highest BCUT2D eigenvalue weighted by Gasteiger charge is 2.17.